The van der Waals surface area contributed by atoms with Crippen LogP contribution >= 0.6 is 0 Å². The van der Waals surface area contributed by atoms with Crippen LogP contribution in [0.4, 0.5) is 0 Å². The smallest absolute Gasteiger partial charge is 0.0942 e. The Hall–Kier alpha value is -0.380. The molecule has 3 atom stereocenters. The van der Waals surface area contributed by atoms with Gasteiger partial charge >= 0.3 is 0 Å². The van der Waals surface area contributed by atoms with E-state index < -0.39 is 0 Å². The third kappa shape index (κ3) is 2.42. The van der Waals surface area contributed by atoms with Gasteiger partial charge in [0.2, 0.25) is 0 Å². The summed E-state index contributed by atoms with van der Waals surface area (Å²) in [6.07, 6.45) is 8.36. The Bertz CT molecular complexity index is 305. The zero-order chi connectivity index (χ0) is 11.7. The molecule has 0 aromatic heterocycles. The van der Waals surface area contributed by atoms with Crippen LogP contribution in [-0.4, -0.2) is 36.6 Å². The highest BCUT2D eigenvalue weighted by atomic mass is 16.6. The fourth-order valence-electron chi connectivity index (χ4n) is 3.48. The summed E-state index contributed by atoms with van der Waals surface area (Å²) in [5.41, 5.74) is 1.46. The summed E-state index contributed by atoms with van der Waals surface area (Å²) in [6, 6.07) is 0. The Labute approximate surface area is 103 Å². The van der Waals surface area contributed by atoms with Gasteiger partial charge in [0.1, 0.15) is 0 Å². The molecule has 3 heteroatoms. The van der Waals surface area contributed by atoms with Gasteiger partial charge in [-0.2, -0.15) is 0 Å². The summed E-state index contributed by atoms with van der Waals surface area (Å²) in [4.78, 5) is 0. The van der Waals surface area contributed by atoms with Crippen LogP contribution < -0.4 is 0 Å². The van der Waals surface area contributed by atoms with Crippen molar-refractivity contribution in [3.63, 3.8) is 0 Å². The molecule has 1 spiro atoms. The van der Waals surface area contributed by atoms with Crippen LogP contribution in [0.1, 0.15) is 38.5 Å². The minimum absolute atomic E-state index is 0.00778. The average molecular weight is 238 g/mol. The molecule has 3 nitrogen and oxygen atoms in total. The van der Waals surface area contributed by atoms with Gasteiger partial charge in [0.25, 0.3) is 0 Å². The minimum Gasteiger partial charge on any atom is -0.389 e. The van der Waals surface area contributed by atoms with E-state index in [4.69, 9.17) is 9.47 Å². The van der Waals surface area contributed by atoms with Crippen molar-refractivity contribution in [1.29, 1.82) is 0 Å². The van der Waals surface area contributed by atoms with E-state index in [1.807, 2.05) is 0 Å². The van der Waals surface area contributed by atoms with Crippen LogP contribution in [0.3, 0.4) is 0 Å². The van der Waals surface area contributed by atoms with Crippen molar-refractivity contribution in [3.05, 3.63) is 11.6 Å². The molecular formula is C14H22O3. The van der Waals surface area contributed by atoms with Crippen LogP contribution in [0.2, 0.25) is 0 Å². The average Bonchev–Trinajstić information content (AvgIpc) is 2.77. The number of allylic oxidation sites excluding steroid dienone is 1. The van der Waals surface area contributed by atoms with E-state index in [1.165, 1.54) is 12.0 Å². The molecule has 2 saturated heterocycles. The number of hydrogen-bond acceptors (Lipinski definition) is 3. The van der Waals surface area contributed by atoms with Crippen LogP contribution in [0.25, 0.3) is 0 Å². The molecule has 0 amide bonds. The van der Waals surface area contributed by atoms with Gasteiger partial charge in [-0.3, -0.25) is 0 Å². The molecule has 2 fully saturated rings. The van der Waals surface area contributed by atoms with Crippen LogP contribution in [0.5, 0.6) is 0 Å². The predicted molar refractivity (Wildman–Crippen MR) is 64.8 cm³/mol. The zero-order valence-electron chi connectivity index (χ0n) is 10.4. The first-order chi connectivity index (χ1) is 8.27. The van der Waals surface area contributed by atoms with Crippen molar-refractivity contribution in [2.45, 2.75) is 50.2 Å². The van der Waals surface area contributed by atoms with Gasteiger partial charge in [0.05, 0.1) is 18.3 Å². The van der Waals surface area contributed by atoms with E-state index >= 15 is 0 Å². The van der Waals surface area contributed by atoms with E-state index in [0.29, 0.717) is 5.92 Å². The normalized spacial score (nSPS) is 42.8. The minimum atomic E-state index is -0.211. The van der Waals surface area contributed by atoms with Gasteiger partial charge in [-0.05, 0) is 38.0 Å². The second-order valence-electron chi connectivity index (χ2n) is 5.72. The summed E-state index contributed by atoms with van der Waals surface area (Å²) >= 11 is 0. The largest absolute Gasteiger partial charge is 0.389 e. The number of aliphatic hydroxyl groups excluding tert-OH is 1. The van der Waals surface area contributed by atoms with E-state index in [-0.39, 0.29) is 11.7 Å². The van der Waals surface area contributed by atoms with E-state index in [2.05, 4.69) is 6.08 Å². The molecule has 2 aliphatic heterocycles. The molecule has 3 unspecified atom stereocenters. The lowest BCUT2D eigenvalue weighted by Crippen LogP contribution is -2.41. The van der Waals surface area contributed by atoms with Crippen molar-refractivity contribution in [3.8, 4) is 0 Å². The Morgan fingerprint density at radius 2 is 2.24 bits per heavy atom. The summed E-state index contributed by atoms with van der Waals surface area (Å²) in [6.45, 7) is 2.45. The van der Waals surface area contributed by atoms with Crippen molar-refractivity contribution >= 4 is 0 Å². The number of ether oxygens (including phenoxy) is 2. The molecule has 1 aliphatic carbocycles. The second kappa shape index (κ2) is 4.71. The molecule has 1 N–H and O–H groups in total. The summed E-state index contributed by atoms with van der Waals surface area (Å²) in [5.74, 6) is 0.611. The van der Waals surface area contributed by atoms with Crippen molar-refractivity contribution < 1.29 is 14.6 Å². The SMILES string of the molecule is OC1C=C(C2CCOC3(CCOC3)C2)CCC1. The van der Waals surface area contributed by atoms with Crippen LogP contribution in [0.15, 0.2) is 11.6 Å². The fourth-order valence-corrected chi connectivity index (χ4v) is 3.48. The molecular weight excluding hydrogens is 216 g/mol. The molecule has 0 saturated carbocycles. The fraction of sp³-hybridized carbons (Fsp3) is 0.857. The first-order valence-electron chi connectivity index (χ1n) is 6.88. The highest BCUT2D eigenvalue weighted by Gasteiger charge is 2.41. The number of hydrogen-bond donors (Lipinski definition) is 1. The monoisotopic (exact) mass is 238 g/mol. The molecule has 0 aromatic carbocycles. The number of aliphatic hydroxyl groups is 1. The second-order valence-corrected chi connectivity index (χ2v) is 5.72. The topological polar surface area (TPSA) is 38.7 Å². The molecule has 3 aliphatic rings. The third-order valence-corrected chi connectivity index (χ3v) is 4.46. The maximum Gasteiger partial charge on any atom is 0.0942 e. The predicted octanol–water partition coefficient (Wildman–Crippen LogP) is 2.04. The molecule has 0 radical (unpaired) electrons. The highest BCUT2D eigenvalue weighted by molar-refractivity contribution is 5.14. The van der Waals surface area contributed by atoms with E-state index in [1.54, 1.807) is 0 Å². The van der Waals surface area contributed by atoms with E-state index in [9.17, 15) is 5.11 Å². The number of rotatable bonds is 1. The Morgan fingerprint density at radius 1 is 1.29 bits per heavy atom. The lowest BCUT2D eigenvalue weighted by atomic mass is 9.77. The van der Waals surface area contributed by atoms with Crippen molar-refractivity contribution in [2.24, 2.45) is 5.92 Å². The van der Waals surface area contributed by atoms with Gasteiger partial charge in [-0.1, -0.05) is 11.6 Å². The molecule has 0 bridgehead atoms. The van der Waals surface area contributed by atoms with Crippen LogP contribution in [0, 0.1) is 5.92 Å². The quantitative estimate of drug-likeness (QED) is 0.711. The van der Waals surface area contributed by atoms with Crippen molar-refractivity contribution in [2.75, 3.05) is 19.8 Å². The first-order valence-corrected chi connectivity index (χ1v) is 6.88. The molecule has 96 valence electrons. The van der Waals surface area contributed by atoms with E-state index in [0.717, 1.165) is 51.9 Å². The Kier molecular flexibility index (Phi) is 3.24. The highest BCUT2D eigenvalue weighted by Crippen LogP contribution is 2.40. The van der Waals surface area contributed by atoms with Crippen molar-refractivity contribution in [1.82, 2.24) is 0 Å². The third-order valence-electron chi connectivity index (χ3n) is 4.46. The maximum absolute atomic E-state index is 9.73. The van der Waals surface area contributed by atoms with Gasteiger partial charge in [-0.25, -0.2) is 0 Å². The summed E-state index contributed by atoms with van der Waals surface area (Å²) in [5, 5.41) is 9.73. The van der Waals surface area contributed by atoms with Gasteiger partial charge in [0.15, 0.2) is 0 Å². The molecule has 3 rings (SSSR count). The van der Waals surface area contributed by atoms with Crippen LogP contribution in [-0.2, 0) is 9.47 Å². The lowest BCUT2D eigenvalue weighted by molar-refractivity contribution is -0.0931. The van der Waals surface area contributed by atoms with Gasteiger partial charge in [0, 0.05) is 19.6 Å². The molecule has 2 heterocycles. The summed E-state index contributed by atoms with van der Waals surface area (Å²) in [7, 11) is 0. The molecule has 17 heavy (non-hydrogen) atoms. The first kappa shape index (κ1) is 11.7. The zero-order valence-corrected chi connectivity index (χ0v) is 10.4. The Balaban J connectivity index is 1.71. The van der Waals surface area contributed by atoms with Gasteiger partial charge in [-0.15, -0.1) is 0 Å². The standard InChI is InChI=1S/C14H22O3/c15-13-3-1-2-11(8-13)12-4-6-17-14(9-12)5-7-16-10-14/h8,12-13,15H,1-7,9-10H2. The molecule has 0 aromatic rings. The summed E-state index contributed by atoms with van der Waals surface area (Å²) < 4.78 is 11.5. The van der Waals surface area contributed by atoms with Gasteiger partial charge < -0.3 is 14.6 Å². The maximum atomic E-state index is 9.73. The Morgan fingerprint density at radius 3 is 3.00 bits per heavy atom. The lowest BCUT2D eigenvalue weighted by Gasteiger charge is -2.39.